The first-order chi connectivity index (χ1) is 10.9. The third-order valence-electron chi connectivity index (χ3n) is 3.23. The van der Waals surface area contributed by atoms with Crippen molar-refractivity contribution in [3.8, 4) is 0 Å². The van der Waals surface area contributed by atoms with Crippen molar-refractivity contribution in [2.45, 2.75) is 6.54 Å². The van der Waals surface area contributed by atoms with Crippen molar-refractivity contribution >= 4 is 33.4 Å². The number of benzene rings is 2. The number of hydrogen-bond donors (Lipinski definition) is 3. The zero-order valence-electron chi connectivity index (χ0n) is 12.3. The molecule has 0 aromatic heterocycles. The maximum absolute atomic E-state index is 13.9. The second kappa shape index (κ2) is 7.23. The molecule has 0 aliphatic carbocycles. The molecule has 0 atom stereocenters. The molecule has 2 aromatic carbocycles. The summed E-state index contributed by atoms with van der Waals surface area (Å²) in [4.78, 5) is 22.9. The first-order valence-electron chi connectivity index (χ1n) is 6.76. The maximum atomic E-state index is 13.9. The third kappa shape index (κ3) is 4.07. The average molecular weight is 380 g/mol. The van der Waals surface area contributed by atoms with Crippen LogP contribution in [0.15, 0.2) is 40.9 Å². The second-order valence-corrected chi connectivity index (χ2v) is 5.72. The van der Waals surface area contributed by atoms with Crippen molar-refractivity contribution in [1.29, 1.82) is 0 Å². The molecule has 0 spiro atoms. The molecule has 0 saturated heterocycles. The van der Waals surface area contributed by atoms with Gasteiger partial charge in [-0.15, -0.1) is 0 Å². The van der Waals surface area contributed by atoms with Crippen LogP contribution in [0.4, 0.5) is 10.1 Å². The first kappa shape index (κ1) is 17.0. The number of carbonyl (C=O) groups is 2. The Balaban J connectivity index is 2.18. The summed E-state index contributed by atoms with van der Waals surface area (Å²) in [6.07, 6.45) is 0. The van der Waals surface area contributed by atoms with E-state index in [0.717, 1.165) is 5.56 Å². The van der Waals surface area contributed by atoms with E-state index in [0.29, 0.717) is 22.3 Å². The Kier molecular flexibility index (Phi) is 5.33. The van der Waals surface area contributed by atoms with Crippen LogP contribution in [-0.2, 0) is 6.54 Å². The number of primary amides is 1. The number of halogens is 2. The van der Waals surface area contributed by atoms with Gasteiger partial charge < -0.3 is 16.4 Å². The predicted molar refractivity (Wildman–Crippen MR) is 89.8 cm³/mol. The summed E-state index contributed by atoms with van der Waals surface area (Å²) in [7, 11) is 1.56. The van der Waals surface area contributed by atoms with Crippen LogP contribution in [0, 0.1) is 5.82 Å². The summed E-state index contributed by atoms with van der Waals surface area (Å²) < 4.78 is 14.4. The molecule has 2 aromatic rings. The van der Waals surface area contributed by atoms with Gasteiger partial charge in [-0.1, -0.05) is 28.1 Å². The van der Waals surface area contributed by atoms with E-state index >= 15 is 0 Å². The fourth-order valence-electron chi connectivity index (χ4n) is 2.08. The van der Waals surface area contributed by atoms with E-state index in [1.807, 2.05) is 0 Å². The molecule has 4 N–H and O–H groups in total. The van der Waals surface area contributed by atoms with Gasteiger partial charge in [0.15, 0.2) is 0 Å². The monoisotopic (exact) mass is 379 g/mol. The number of anilines is 1. The Hall–Kier alpha value is -2.41. The first-order valence-corrected chi connectivity index (χ1v) is 7.55. The lowest BCUT2D eigenvalue weighted by Crippen LogP contribution is -2.18. The number of carbonyl (C=O) groups excluding carboxylic acids is 2. The van der Waals surface area contributed by atoms with Gasteiger partial charge in [0.05, 0.1) is 11.3 Å². The van der Waals surface area contributed by atoms with Gasteiger partial charge in [0.1, 0.15) is 5.82 Å². The fourth-order valence-corrected chi connectivity index (χ4v) is 2.51. The lowest BCUT2D eigenvalue weighted by Gasteiger charge is -2.12. The summed E-state index contributed by atoms with van der Waals surface area (Å²) in [6.45, 7) is 0.351. The molecule has 0 unspecified atom stereocenters. The zero-order chi connectivity index (χ0) is 17.0. The fraction of sp³-hybridized carbons (Fsp3) is 0.125. The normalized spacial score (nSPS) is 10.2. The highest BCUT2D eigenvalue weighted by Gasteiger charge is 2.15. The summed E-state index contributed by atoms with van der Waals surface area (Å²) in [5.74, 6) is -1.70. The van der Waals surface area contributed by atoms with Crippen molar-refractivity contribution in [3.63, 3.8) is 0 Å². The molecule has 0 aliphatic heterocycles. The SMILES string of the molecule is CNC(=O)c1ccc(CNc2cc(Br)cc(F)c2C(N)=O)cc1. The third-order valence-corrected chi connectivity index (χ3v) is 3.69. The molecular weight excluding hydrogens is 365 g/mol. The molecule has 0 fully saturated rings. The molecule has 0 saturated carbocycles. The van der Waals surface area contributed by atoms with Gasteiger partial charge in [-0.2, -0.15) is 0 Å². The van der Waals surface area contributed by atoms with Gasteiger partial charge in [-0.3, -0.25) is 9.59 Å². The van der Waals surface area contributed by atoms with Gasteiger partial charge in [0.2, 0.25) is 0 Å². The van der Waals surface area contributed by atoms with Crippen LogP contribution >= 0.6 is 15.9 Å². The van der Waals surface area contributed by atoms with Crippen LogP contribution in [0.2, 0.25) is 0 Å². The van der Waals surface area contributed by atoms with E-state index in [1.165, 1.54) is 6.07 Å². The smallest absolute Gasteiger partial charge is 0.253 e. The summed E-state index contributed by atoms with van der Waals surface area (Å²) in [6, 6.07) is 9.69. The minimum Gasteiger partial charge on any atom is -0.380 e. The molecule has 2 rings (SSSR count). The highest BCUT2D eigenvalue weighted by Crippen LogP contribution is 2.25. The number of nitrogens with two attached hydrogens (primary N) is 1. The quantitative estimate of drug-likeness (QED) is 0.746. The van der Waals surface area contributed by atoms with Crippen LogP contribution in [0.25, 0.3) is 0 Å². The van der Waals surface area contributed by atoms with Crippen LogP contribution in [-0.4, -0.2) is 18.9 Å². The number of hydrogen-bond acceptors (Lipinski definition) is 3. The van der Waals surface area contributed by atoms with E-state index in [1.54, 1.807) is 37.4 Å². The van der Waals surface area contributed by atoms with Crippen molar-refractivity contribution in [3.05, 3.63) is 63.4 Å². The van der Waals surface area contributed by atoms with Crippen molar-refractivity contribution < 1.29 is 14.0 Å². The van der Waals surface area contributed by atoms with E-state index in [9.17, 15) is 14.0 Å². The maximum Gasteiger partial charge on any atom is 0.253 e. The minimum atomic E-state index is -0.840. The van der Waals surface area contributed by atoms with Crippen molar-refractivity contribution in [2.75, 3.05) is 12.4 Å². The summed E-state index contributed by atoms with van der Waals surface area (Å²) >= 11 is 3.18. The number of nitrogens with one attached hydrogen (secondary N) is 2. The molecule has 5 nitrogen and oxygen atoms in total. The highest BCUT2D eigenvalue weighted by molar-refractivity contribution is 9.10. The van der Waals surface area contributed by atoms with Crippen molar-refractivity contribution in [2.24, 2.45) is 5.73 Å². The Bertz CT molecular complexity index is 748. The topological polar surface area (TPSA) is 84.2 Å². The van der Waals surface area contributed by atoms with E-state index in [-0.39, 0.29) is 11.5 Å². The molecule has 120 valence electrons. The van der Waals surface area contributed by atoms with Gasteiger partial charge >= 0.3 is 0 Å². The molecule has 0 aliphatic rings. The lowest BCUT2D eigenvalue weighted by atomic mass is 10.1. The number of rotatable bonds is 5. The van der Waals surface area contributed by atoms with Gasteiger partial charge in [0.25, 0.3) is 11.8 Å². The van der Waals surface area contributed by atoms with Crippen LogP contribution in [0.3, 0.4) is 0 Å². The van der Waals surface area contributed by atoms with Gasteiger partial charge in [0, 0.05) is 23.6 Å². The molecule has 2 amide bonds. The van der Waals surface area contributed by atoms with E-state index < -0.39 is 11.7 Å². The van der Waals surface area contributed by atoms with Gasteiger partial charge in [-0.25, -0.2) is 4.39 Å². The van der Waals surface area contributed by atoms with Crippen LogP contribution < -0.4 is 16.4 Å². The Morgan fingerprint density at radius 3 is 2.43 bits per heavy atom. The predicted octanol–water partition coefficient (Wildman–Crippen LogP) is 2.66. The Morgan fingerprint density at radius 2 is 1.87 bits per heavy atom. The van der Waals surface area contributed by atoms with E-state index in [4.69, 9.17) is 5.73 Å². The van der Waals surface area contributed by atoms with Crippen LogP contribution in [0.5, 0.6) is 0 Å². The molecule has 7 heteroatoms. The van der Waals surface area contributed by atoms with Crippen LogP contribution in [0.1, 0.15) is 26.3 Å². The second-order valence-electron chi connectivity index (χ2n) is 4.80. The standard InChI is InChI=1S/C16H15BrFN3O2/c1-20-16(23)10-4-2-9(3-5-10)8-21-13-7-11(17)6-12(18)14(13)15(19)22/h2-7,21H,8H2,1H3,(H2,19,22)(H,20,23). The summed E-state index contributed by atoms with van der Waals surface area (Å²) in [5, 5.41) is 5.52. The molecule has 23 heavy (non-hydrogen) atoms. The summed E-state index contributed by atoms with van der Waals surface area (Å²) in [5.41, 5.74) is 6.76. The highest BCUT2D eigenvalue weighted by atomic mass is 79.9. The molecule has 0 radical (unpaired) electrons. The lowest BCUT2D eigenvalue weighted by molar-refractivity contribution is 0.0961. The van der Waals surface area contributed by atoms with E-state index in [2.05, 4.69) is 26.6 Å². The largest absolute Gasteiger partial charge is 0.380 e. The zero-order valence-corrected chi connectivity index (χ0v) is 13.9. The Labute approximate surface area is 141 Å². The molecule has 0 heterocycles. The number of amides is 2. The Morgan fingerprint density at radius 1 is 1.22 bits per heavy atom. The van der Waals surface area contributed by atoms with Crippen molar-refractivity contribution in [1.82, 2.24) is 5.32 Å². The molecule has 0 bridgehead atoms. The average Bonchev–Trinajstić information content (AvgIpc) is 2.51. The van der Waals surface area contributed by atoms with Gasteiger partial charge in [-0.05, 0) is 29.8 Å². The minimum absolute atomic E-state index is 0.172. The molecular formula is C16H15BrFN3O2.